The summed E-state index contributed by atoms with van der Waals surface area (Å²) in [5.74, 6) is 0.350. The van der Waals surface area contributed by atoms with Gasteiger partial charge in [0.05, 0.1) is 0 Å². The molecule has 0 heterocycles. The second kappa shape index (κ2) is 3.20. The standard InChI is InChI=1S/C14H10O2/c1-9(15)16-13-8-7-11-6-5-10-3-2-4-12(13)14(10)11/h2-8H,1H3. The van der Waals surface area contributed by atoms with Crippen LogP contribution in [-0.4, -0.2) is 5.97 Å². The SMILES string of the molecule is CC(=O)Oc1ccc2c3c(cccc13)C=C2. The molecule has 2 aromatic rings. The normalized spacial score (nSPS) is 12.1. The van der Waals surface area contributed by atoms with Crippen molar-refractivity contribution in [1.82, 2.24) is 0 Å². The Morgan fingerprint density at radius 1 is 1.06 bits per heavy atom. The first-order valence-corrected chi connectivity index (χ1v) is 5.18. The van der Waals surface area contributed by atoms with Gasteiger partial charge in [0.1, 0.15) is 5.75 Å². The third kappa shape index (κ3) is 1.23. The second-order valence-electron chi connectivity index (χ2n) is 3.85. The molecule has 0 N–H and O–H groups in total. The molecule has 3 rings (SSSR count). The third-order valence-corrected chi connectivity index (χ3v) is 2.76. The number of hydrogen-bond donors (Lipinski definition) is 0. The van der Waals surface area contributed by atoms with E-state index in [9.17, 15) is 4.79 Å². The zero-order valence-electron chi connectivity index (χ0n) is 8.86. The summed E-state index contributed by atoms with van der Waals surface area (Å²) in [7, 11) is 0. The van der Waals surface area contributed by atoms with Gasteiger partial charge in [-0.1, -0.05) is 36.4 Å². The first kappa shape index (κ1) is 9.16. The van der Waals surface area contributed by atoms with Crippen LogP contribution in [0.4, 0.5) is 0 Å². The molecule has 2 nitrogen and oxygen atoms in total. The van der Waals surface area contributed by atoms with E-state index < -0.39 is 0 Å². The van der Waals surface area contributed by atoms with E-state index in [2.05, 4.69) is 18.2 Å². The van der Waals surface area contributed by atoms with Gasteiger partial charge in [-0.15, -0.1) is 0 Å². The number of benzene rings is 2. The molecule has 1 aliphatic rings. The minimum Gasteiger partial charge on any atom is -0.426 e. The Hall–Kier alpha value is -2.09. The van der Waals surface area contributed by atoms with E-state index in [1.165, 1.54) is 23.4 Å². The topological polar surface area (TPSA) is 26.3 Å². The van der Waals surface area contributed by atoms with Crippen molar-refractivity contribution in [2.75, 3.05) is 0 Å². The summed E-state index contributed by atoms with van der Waals surface area (Å²) >= 11 is 0. The molecule has 0 unspecified atom stereocenters. The zero-order chi connectivity index (χ0) is 11.1. The van der Waals surface area contributed by atoms with Crippen LogP contribution in [0.2, 0.25) is 0 Å². The fourth-order valence-corrected chi connectivity index (χ4v) is 2.14. The van der Waals surface area contributed by atoms with Gasteiger partial charge in [0.25, 0.3) is 0 Å². The van der Waals surface area contributed by atoms with Crippen molar-refractivity contribution in [3.63, 3.8) is 0 Å². The molecule has 0 saturated heterocycles. The maximum absolute atomic E-state index is 11.0. The Morgan fingerprint density at radius 2 is 1.81 bits per heavy atom. The van der Waals surface area contributed by atoms with Crippen LogP contribution >= 0.6 is 0 Å². The van der Waals surface area contributed by atoms with Crippen LogP contribution in [0.15, 0.2) is 30.3 Å². The summed E-state index contributed by atoms with van der Waals surface area (Å²) in [4.78, 5) is 11.0. The molecule has 78 valence electrons. The maximum Gasteiger partial charge on any atom is 0.308 e. The number of esters is 1. The summed E-state index contributed by atoms with van der Waals surface area (Å²) in [6.45, 7) is 1.42. The van der Waals surface area contributed by atoms with Gasteiger partial charge in [0.2, 0.25) is 0 Å². The van der Waals surface area contributed by atoms with E-state index in [4.69, 9.17) is 4.74 Å². The molecule has 0 aromatic heterocycles. The highest BCUT2D eigenvalue weighted by Gasteiger charge is 2.12. The third-order valence-electron chi connectivity index (χ3n) is 2.76. The number of carbonyl (C=O) groups is 1. The first-order valence-electron chi connectivity index (χ1n) is 5.18. The van der Waals surface area contributed by atoms with Crippen LogP contribution in [0.1, 0.15) is 18.1 Å². The van der Waals surface area contributed by atoms with Gasteiger partial charge in [-0.2, -0.15) is 0 Å². The lowest BCUT2D eigenvalue weighted by atomic mass is 10.0. The minimum atomic E-state index is -0.286. The van der Waals surface area contributed by atoms with Crippen molar-refractivity contribution in [3.8, 4) is 5.75 Å². The monoisotopic (exact) mass is 210 g/mol. The first-order chi connectivity index (χ1) is 7.75. The van der Waals surface area contributed by atoms with Gasteiger partial charge >= 0.3 is 5.97 Å². The Kier molecular flexibility index (Phi) is 1.83. The summed E-state index contributed by atoms with van der Waals surface area (Å²) in [5.41, 5.74) is 2.36. The highest BCUT2D eigenvalue weighted by atomic mass is 16.5. The van der Waals surface area contributed by atoms with Gasteiger partial charge < -0.3 is 4.74 Å². The Morgan fingerprint density at radius 3 is 2.56 bits per heavy atom. The quantitative estimate of drug-likeness (QED) is 0.455. The van der Waals surface area contributed by atoms with Crippen LogP contribution in [0, 0.1) is 0 Å². The molecular weight excluding hydrogens is 200 g/mol. The van der Waals surface area contributed by atoms with Gasteiger partial charge in [0, 0.05) is 12.3 Å². The molecule has 0 spiro atoms. The van der Waals surface area contributed by atoms with Crippen LogP contribution in [-0.2, 0) is 4.79 Å². The molecule has 0 saturated carbocycles. The molecule has 0 atom stereocenters. The van der Waals surface area contributed by atoms with Crippen molar-refractivity contribution < 1.29 is 9.53 Å². The summed E-state index contributed by atoms with van der Waals surface area (Å²) in [6, 6.07) is 9.84. The van der Waals surface area contributed by atoms with Gasteiger partial charge in [0.15, 0.2) is 0 Å². The van der Waals surface area contributed by atoms with Crippen LogP contribution in [0.5, 0.6) is 5.75 Å². The van der Waals surface area contributed by atoms with Crippen molar-refractivity contribution in [1.29, 1.82) is 0 Å². The molecule has 2 aromatic carbocycles. The van der Waals surface area contributed by atoms with Gasteiger partial charge in [-0.3, -0.25) is 4.79 Å². The molecule has 0 bridgehead atoms. The smallest absolute Gasteiger partial charge is 0.308 e. The van der Waals surface area contributed by atoms with Crippen LogP contribution < -0.4 is 4.74 Å². The summed E-state index contributed by atoms with van der Waals surface area (Å²) in [6.07, 6.45) is 4.16. The Bertz CT molecular complexity index is 612. The van der Waals surface area contributed by atoms with Crippen LogP contribution in [0.3, 0.4) is 0 Å². The van der Waals surface area contributed by atoms with Gasteiger partial charge in [-0.05, 0) is 22.6 Å². The highest BCUT2D eigenvalue weighted by Crippen LogP contribution is 2.36. The van der Waals surface area contributed by atoms with E-state index in [1.807, 2.05) is 24.3 Å². The maximum atomic E-state index is 11.0. The molecule has 2 heteroatoms. The molecule has 0 aliphatic heterocycles. The second-order valence-corrected chi connectivity index (χ2v) is 3.85. The number of ether oxygens (including phenoxy) is 1. The van der Waals surface area contributed by atoms with Crippen molar-refractivity contribution >= 4 is 28.9 Å². The molecule has 0 fully saturated rings. The number of hydrogen-bond acceptors (Lipinski definition) is 2. The minimum absolute atomic E-state index is 0.286. The van der Waals surface area contributed by atoms with E-state index >= 15 is 0 Å². The van der Waals surface area contributed by atoms with Crippen LogP contribution in [0.25, 0.3) is 22.9 Å². The fourth-order valence-electron chi connectivity index (χ4n) is 2.14. The average Bonchev–Trinajstić information content (AvgIpc) is 2.67. The Labute approximate surface area is 93.2 Å². The molecule has 1 aliphatic carbocycles. The summed E-state index contributed by atoms with van der Waals surface area (Å²) in [5, 5.41) is 2.16. The van der Waals surface area contributed by atoms with Crippen molar-refractivity contribution in [2.45, 2.75) is 6.92 Å². The lowest BCUT2D eigenvalue weighted by molar-refractivity contribution is -0.131. The number of carbonyl (C=O) groups excluding carboxylic acids is 1. The lowest BCUT2D eigenvalue weighted by Crippen LogP contribution is -2.01. The van der Waals surface area contributed by atoms with Crippen molar-refractivity contribution in [3.05, 3.63) is 41.5 Å². The van der Waals surface area contributed by atoms with E-state index in [0.29, 0.717) is 5.75 Å². The number of rotatable bonds is 1. The molecule has 16 heavy (non-hydrogen) atoms. The zero-order valence-corrected chi connectivity index (χ0v) is 8.86. The fraction of sp³-hybridized carbons (Fsp3) is 0.0714. The van der Waals surface area contributed by atoms with Gasteiger partial charge in [-0.25, -0.2) is 0 Å². The summed E-state index contributed by atoms with van der Waals surface area (Å²) < 4.78 is 5.20. The largest absolute Gasteiger partial charge is 0.426 e. The molecular formula is C14H10O2. The predicted molar refractivity (Wildman–Crippen MR) is 64.2 cm³/mol. The van der Waals surface area contributed by atoms with E-state index in [0.717, 1.165) is 5.39 Å². The highest BCUT2D eigenvalue weighted by molar-refractivity contribution is 6.07. The molecule has 0 radical (unpaired) electrons. The predicted octanol–water partition coefficient (Wildman–Crippen LogP) is 3.25. The van der Waals surface area contributed by atoms with E-state index in [-0.39, 0.29) is 5.97 Å². The van der Waals surface area contributed by atoms with E-state index in [1.54, 1.807) is 0 Å². The average molecular weight is 210 g/mol. The Balaban J connectivity index is 2.31. The lowest BCUT2D eigenvalue weighted by Gasteiger charge is -2.07. The molecule has 0 amide bonds. The van der Waals surface area contributed by atoms with Crippen molar-refractivity contribution in [2.24, 2.45) is 0 Å².